The number of alkyl halides is 4. The molecular formula is C12H12BrF4NO. The SMILES string of the molecule is CC(C)(NC(=O)C(F)(F)C(F)F)c1ccc(Br)cc1. The zero-order chi connectivity index (χ0) is 14.8. The highest BCUT2D eigenvalue weighted by molar-refractivity contribution is 9.10. The van der Waals surface area contributed by atoms with Gasteiger partial charge in [-0.1, -0.05) is 28.1 Å². The molecule has 0 heterocycles. The molecule has 0 atom stereocenters. The van der Waals surface area contributed by atoms with Crippen LogP contribution in [0.3, 0.4) is 0 Å². The minimum absolute atomic E-state index is 0.522. The molecule has 0 spiro atoms. The number of halogens is 5. The zero-order valence-electron chi connectivity index (χ0n) is 10.2. The third kappa shape index (κ3) is 3.68. The van der Waals surface area contributed by atoms with E-state index in [-0.39, 0.29) is 0 Å². The fourth-order valence-corrected chi connectivity index (χ4v) is 1.67. The molecule has 1 rings (SSSR count). The van der Waals surface area contributed by atoms with Gasteiger partial charge in [0.25, 0.3) is 5.91 Å². The van der Waals surface area contributed by atoms with E-state index in [0.29, 0.717) is 5.56 Å². The number of amides is 1. The number of rotatable bonds is 4. The molecule has 106 valence electrons. The second kappa shape index (κ2) is 5.48. The van der Waals surface area contributed by atoms with Crippen molar-refractivity contribution in [3.05, 3.63) is 34.3 Å². The second-order valence-corrected chi connectivity index (χ2v) is 5.43. The summed E-state index contributed by atoms with van der Waals surface area (Å²) in [5, 5.41) is 1.93. The monoisotopic (exact) mass is 341 g/mol. The lowest BCUT2D eigenvalue weighted by Crippen LogP contribution is -2.51. The Morgan fingerprint density at radius 3 is 2.11 bits per heavy atom. The van der Waals surface area contributed by atoms with Gasteiger partial charge in [0.15, 0.2) is 0 Å². The largest absolute Gasteiger partial charge is 0.383 e. The second-order valence-electron chi connectivity index (χ2n) is 4.51. The Morgan fingerprint density at radius 1 is 1.21 bits per heavy atom. The minimum Gasteiger partial charge on any atom is -0.342 e. The lowest BCUT2D eigenvalue weighted by atomic mass is 9.94. The van der Waals surface area contributed by atoms with Crippen molar-refractivity contribution in [1.29, 1.82) is 0 Å². The normalized spacial score (nSPS) is 12.6. The molecule has 0 radical (unpaired) electrons. The summed E-state index contributed by atoms with van der Waals surface area (Å²) in [6.07, 6.45) is -4.03. The van der Waals surface area contributed by atoms with Crippen molar-refractivity contribution in [1.82, 2.24) is 5.32 Å². The molecule has 2 nitrogen and oxygen atoms in total. The Hall–Kier alpha value is -1.11. The van der Waals surface area contributed by atoms with E-state index in [1.807, 2.05) is 5.32 Å². The summed E-state index contributed by atoms with van der Waals surface area (Å²) >= 11 is 3.21. The van der Waals surface area contributed by atoms with Crippen molar-refractivity contribution < 1.29 is 22.4 Å². The van der Waals surface area contributed by atoms with Crippen molar-refractivity contribution in [2.75, 3.05) is 0 Å². The molecule has 0 aliphatic carbocycles. The van der Waals surface area contributed by atoms with E-state index < -0.39 is 23.8 Å². The zero-order valence-corrected chi connectivity index (χ0v) is 11.8. The van der Waals surface area contributed by atoms with Gasteiger partial charge in [0.2, 0.25) is 0 Å². The summed E-state index contributed by atoms with van der Waals surface area (Å²) in [5.74, 6) is -6.69. The first-order valence-corrected chi connectivity index (χ1v) is 6.11. The first-order valence-electron chi connectivity index (χ1n) is 5.32. The fraction of sp³-hybridized carbons (Fsp3) is 0.417. The average molecular weight is 342 g/mol. The lowest BCUT2D eigenvalue weighted by molar-refractivity contribution is -0.171. The third-order valence-corrected chi connectivity index (χ3v) is 3.10. The van der Waals surface area contributed by atoms with Crippen molar-refractivity contribution in [2.24, 2.45) is 0 Å². The molecule has 0 fully saturated rings. The third-order valence-electron chi connectivity index (χ3n) is 2.57. The van der Waals surface area contributed by atoms with Crippen LogP contribution in [-0.2, 0) is 10.3 Å². The van der Waals surface area contributed by atoms with Gasteiger partial charge in [-0.2, -0.15) is 8.78 Å². The van der Waals surface area contributed by atoms with E-state index >= 15 is 0 Å². The Labute approximate surface area is 116 Å². The predicted octanol–water partition coefficient (Wildman–Crippen LogP) is 3.70. The molecule has 1 aromatic carbocycles. The standard InChI is InChI=1S/C12H12BrF4NO/c1-11(2,7-3-5-8(13)6-4-7)18-10(19)12(16,17)9(14)15/h3-6,9H,1-2H3,(H,18,19). The molecule has 1 amide bonds. The highest BCUT2D eigenvalue weighted by Gasteiger charge is 2.50. The van der Waals surface area contributed by atoms with Gasteiger partial charge in [-0.25, -0.2) is 8.78 Å². The molecule has 0 unspecified atom stereocenters. The highest BCUT2D eigenvalue weighted by Crippen LogP contribution is 2.27. The molecule has 19 heavy (non-hydrogen) atoms. The smallest absolute Gasteiger partial charge is 0.342 e. The van der Waals surface area contributed by atoms with E-state index in [1.165, 1.54) is 13.8 Å². The van der Waals surface area contributed by atoms with Crippen molar-refractivity contribution in [3.8, 4) is 0 Å². The summed E-state index contributed by atoms with van der Waals surface area (Å²) in [5.41, 5.74) is -0.662. The molecule has 0 aliphatic rings. The average Bonchev–Trinajstić information content (AvgIpc) is 2.28. The van der Waals surface area contributed by atoms with Crippen LogP contribution < -0.4 is 5.32 Å². The molecule has 0 aromatic heterocycles. The molecule has 0 bridgehead atoms. The topological polar surface area (TPSA) is 29.1 Å². The van der Waals surface area contributed by atoms with Crippen LogP contribution in [0.5, 0.6) is 0 Å². The lowest BCUT2D eigenvalue weighted by Gasteiger charge is -2.29. The number of carbonyl (C=O) groups is 1. The molecular weight excluding hydrogens is 330 g/mol. The van der Waals surface area contributed by atoms with E-state index in [2.05, 4.69) is 15.9 Å². The molecule has 0 saturated carbocycles. The van der Waals surface area contributed by atoms with Gasteiger partial charge in [-0.15, -0.1) is 0 Å². The van der Waals surface area contributed by atoms with E-state index in [4.69, 9.17) is 0 Å². The van der Waals surface area contributed by atoms with Crippen LogP contribution in [0.15, 0.2) is 28.7 Å². The van der Waals surface area contributed by atoms with Crippen LogP contribution in [0.4, 0.5) is 17.6 Å². The summed E-state index contributed by atoms with van der Waals surface area (Å²) in [4.78, 5) is 11.2. The van der Waals surface area contributed by atoms with Crippen molar-refractivity contribution in [2.45, 2.75) is 31.7 Å². The maximum atomic E-state index is 12.9. The van der Waals surface area contributed by atoms with E-state index in [1.54, 1.807) is 24.3 Å². The molecule has 1 N–H and O–H groups in total. The van der Waals surface area contributed by atoms with Crippen molar-refractivity contribution in [3.63, 3.8) is 0 Å². The molecule has 0 saturated heterocycles. The van der Waals surface area contributed by atoms with Crippen LogP contribution in [0, 0.1) is 0 Å². The van der Waals surface area contributed by atoms with Crippen molar-refractivity contribution >= 4 is 21.8 Å². The van der Waals surface area contributed by atoms with Crippen LogP contribution in [0.2, 0.25) is 0 Å². The van der Waals surface area contributed by atoms with Crippen LogP contribution in [0.25, 0.3) is 0 Å². The molecule has 1 aromatic rings. The van der Waals surface area contributed by atoms with Crippen LogP contribution >= 0.6 is 15.9 Å². The van der Waals surface area contributed by atoms with Gasteiger partial charge < -0.3 is 5.32 Å². The summed E-state index contributed by atoms with van der Waals surface area (Å²) in [7, 11) is 0. The summed E-state index contributed by atoms with van der Waals surface area (Å²) in [6.45, 7) is 2.91. The van der Waals surface area contributed by atoms with Gasteiger partial charge in [0.05, 0.1) is 5.54 Å². The van der Waals surface area contributed by atoms with E-state index in [9.17, 15) is 22.4 Å². The van der Waals surface area contributed by atoms with Gasteiger partial charge >= 0.3 is 12.3 Å². The number of nitrogens with one attached hydrogen (secondary N) is 1. The maximum Gasteiger partial charge on any atom is 0.383 e. The Kier molecular flexibility index (Phi) is 4.60. The Morgan fingerprint density at radius 2 is 1.68 bits per heavy atom. The van der Waals surface area contributed by atoms with E-state index in [0.717, 1.165) is 4.47 Å². The van der Waals surface area contributed by atoms with Gasteiger partial charge in [0, 0.05) is 4.47 Å². The molecule has 7 heteroatoms. The minimum atomic E-state index is -4.70. The number of benzene rings is 1. The highest BCUT2D eigenvalue weighted by atomic mass is 79.9. The first-order chi connectivity index (χ1) is 8.57. The quantitative estimate of drug-likeness (QED) is 0.831. The van der Waals surface area contributed by atoms with Crippen LogP contribution in [-0.4, -0.2) is 18.3 Å². The maximum absolute atomic E-state index is 12.9. The summed E-state index contributed by atoms with van der Waals surface area (Å²) < 4.78 is 50.7. The summed E-state index contributed by atoms with van der Waals surface area (Å²) in [6, 6.07) is 6.53. The van der Waals surface area contributed by atoms with Gasteiger partial charge in [-0.05, 0) is 31.5 Å². The van der Waals surface area contributed by atoms with Gasteiger partial charge in [0.1, 0.15) is 0 Å². The van der Waals surface area contributed by atoms with Gasteiger partial charge in [-0.3, -0.25) is 4.79 Å². The molecule has 0 aliphatic heterocycles. The number of hydrogen-bond acceptors (Lipinski definition) is 1. The number of hydrogen-bond donors (Lipinski definition) is 1. The Balaban J connectivity index is 2.91. The Bertz CT molecular complexity index is 459. The number of carbonyl (C=O) groups excluding carboxylic acids is 1. The first kappa shape index (κ1) is 15.9. The van der Waals surface area contributed by atoms with Crippen LogP contribution in [0.1, 0.15) is 19.4 Å². The predicted molar refractivity (Wildman–Crippen MR) is 66.3 cm³/mol. The fourth-order valence-electron chi connectivity index (χ4n) is 1.40.